The lowest BCUT2D eigenvalue weighted by Crippen LogP contribution is -2.48. The summed E-state index contributed by atoms with van der Waals surface area (Å²) in [5.74, 6) is -2.06. The van der Waals surface area contributed by atoms with Crippen molar-refractivity contribution in [3.8, 4) is 11.1 Å². The molecular weight excluding hydrogens is 420 g/mol. The van der Waals surface area contributed by atoms with Gasteiger partial charge < -0.3 is 20.1 Å². The number of carbonyl (C=O) groups excluding carboxylic acids is 2. The molecule has 4 rings (SSSR count). The molecule has 2 aliphatic rings. The highest BCUT2D eigenvalue weighted by atomic mass is 16.5. The number of benzene rings is 2. The lowest BCUT2D eigenvalue weighted by atomic mass is 9.98. The molecule has 2 aromatic rings. The third-order valence-electron chi connectivity index (χ3n) is 6.58. The van der Waals surface area contributed by atoms with Gasteiger partial charge in [-0.1, -0.05) is 61.5 Å². The van der Waals surface area contributed by atoms with E-state index in [1.807, 2.05) is 43.3 Å². The molecule has 1 fully saturated rings. The summed E-state index contributed by atoms with van der Waals surface area (Å²) in [7, 11) is 0. The quantitative estimate of drug-likeness (QED) is 0.631. The van der Waals surface area contributed by atoms with Crippen molar-refractivity contribution in [2.45, 2.75) is 25.3 Å². The normalized spacial score (nSPS) is 20.0. The summed E-state index contributed by atoms with van der Waals surface area (Å²) in [5, 5.41) is 12.0. The number of nitrogens with one attached hydrogen (secondary N) is 1. The first-order chi connectivity index (χ1) is 15.9. The van der Waals surface area contributed by atoms with E-state index < -0.39 is 24.0 Å². The summed E-state index contributed by atoms with van der Waals surface area (Å²) in [4.78, 5) is 38.5. The average molecular weight is 449 g/mol. The van der Waals surface area contributed by atoms with Crippen LogP contribution in [0.5, 0.6) is 0 Å². The van der Waals surface area contributed by atoms with Crippen molar-refractivity contribution in [2.75, 3.05) is 19.7 Å². The van der Waals surface area contributed by atoms with Gasteiger partial charge in [0.25, 0.3) is 0 Å². The number of likely N-dealkylation sites (tertiary alicyclic amines) is 1. The van der Waals surface area contributed by atoms with Gasteiger partial charge in [-0.2, -0.15) is 0 Å². The Morgan fingerprint density at radius 1 is 1.12 bits per heavy atom. The topological polar surface area (TPSA) is 95.9 Å². The summed E-state index contributed by atoms with van der Waals surface area (Å²) in [6, 6.07) is 15.3. The molecular formula is C26H28N2O5. The van der Waals surface area contributed by atoms with E-state index in [1.54, 1.807) is 6.08 Å². The van der Waals surface area contributed by atoms with Crippen LogP contribution in [0.15, 0.2) is 61.2 Å². The first-order valence-electron chi connectivity index (χ1n) is 11.1. The molecule has 1 saturated heterocycles. The van der Waals surface area contributed by atoms with E-state index >= 15 is 0 Å². The number of rotatable bonds is 7. The molecule has 0 saturated carbocycles. The molecule has 2 aromatic carbocycles. The molecule has 1 heterocycles. The van der Waals surface area contributed by atoms with Crippen LogP contribution in [-0.4, -0.2) is 53.7 Å². The monoisotopic (exact) mass is 448 g/mol. The fourth-order valence-corrected chi connectivity index (χ4v) is 4.86. The van der Waals surface area contributed by atoms with Gasteiger partial charge in [-0.05, 0) is 34.6 Å². The van der Waals surface area contributed by atoms with Gasteiger partial charge in [0.05, 0.1) is 5.92 Å². The van der Waals surface area contributed by atoms with Crippen LogP contribution in [0.3, 0.4) is 0 Å². The van der Waals surface area contributed by atoms with Crippen LogP contribution in [0.25, 0.3) is 11.1 Å². The molecule has 7 nitrogen and oxygen atoms in total. The molecule has 0 aromatic heterocycles. The molecule has 3 atom stereocenters. The summed E-state index contributed by atoms with van der Waals surface area (Å²) in [5.41, 5.74) is 4.49. The zero-order chi connectivity index (χ0) is 23.5. The predicted octanol–water partition coefficient (Wildman–Crippen LogP) is 3.65. The number of hydrogen-bond donors (Lipinski definition) is 2. The van der Waals surface area contributed by atoms with E-state index in [-0.39, 0.29) is 37.3 Å². The Balaban J connectivity index is 1.41. The van der Waals surface area contributed by atoms with Gasteiger partial charge in [0.15, 0.2) is 0 Å². The zero-order valence-corrected chi connectivity index (χ0v) is 18.6. The maximum Gasteiger partial charge on any atom is 0.407 e. The Bertz CT molecular complexity index is 1040. The molecule has 1 unspecified atom stereocenters. The van der Waals surface area contributed by atoms with E-state index in [0.29, 0.717) is 6.54 Å². The first-order valence-corrected chi connectivity index (χ1v) is 11.1. The number of nitrogens with zero attached hydrogens (tertiary/aromatic N) is 1. The molecule has 7 heteroatoms. The van der Waals surface area contributed by atoms with Gasteiger partial charge in [-0.15, -0.1) is 6.58 Å². The van der Waals surface area contributed by atoms with E-state index in [2.05, 4.69) is 24.0 Å². The Hall–Kier alpha value is -3.61. The fourth-order valence-electron chi connectivity index (χ4n) is 4.86. The average Bonchev–Trinajstić information content (AvgIpc) is 3.35. The summed E-state index contributed by atoms with van der Waals surface area (Å²) >= 11 is 0. The number of ether oxygens (including phenoxy) is 1. The van der Waals surface area contributed by atoms with Crippen LogP contribution in [0.4, 0.5) is 4.79 Å². The fraction of sp³-hybridized carbons (Fsp3) is 0.346. The maximum atomic E-state index is 13.0. The minimum Gasteiger partial charge on any atom is -0.481 e. The lowest BCUT2D eigenvalue weighted by molar-refractivity contribution is -0.142. The van der Waals surface area contributed by atoms with Crippen LogP contribution in [0, 0.1) is 11.8 Å². The second kappa shape index (κ2) is 9.48. The van der Waals surface area contributed by atoms with Crippen LogP contribution in [0.1, 0.15) is 30.4 Å². The number of hydrogen-bond acceptors (Lipinski definition) is 4. The van der Waals surface area contributed by atoms with Gasteiger partial charge in [-0.3, -0.25) is 9.59 Å². The Morgan fingerprint density at radius 2 is 1.73 bits per heavy atom. The van der Waals surface area contributed by atoms with Crippen LogP contribution in [0.2, 0.25) is 0 Å². The summed E-state index contributed by atoms with van der Waals surface area (Å²) < 4.78 is 5.56. The highest BCUT2D eigenvalue weighted by Crippen LogP contribution is 2.44. The van der Waals surface area contributed by atoms with E-state index in [0.717, 1.165) is 22.3 Å². The molecule has 0 spiro atoms. The van der Waals surface area contributed by atoms with Crippen LogP contribution < -0.4 is 5.32 Å². The summed E-state index contributed by atoms with van der Waals surface area (Å²) in [6.07, 6.45) is 1.10. The minimum atomic E-state index is -0.914. The number of alkyl carbamates (subject to hydrolysis) is 1. The van der Waals surface area contributed by atoms with Crippen LogP contribution >= 0.6 is 0 Å². The third-order valence-corrected chi connectivity index (χ3v) is 6.58. The van der Waals surface area contributed by atoms with Crippen molar-refractivity contribution >= 4 is 18.0 Å². The molecule has 1 aliphatic carbocycles. The van der Waals surface area contributed by atoms with Gasteiger partial charge >= 0.3 is 12.1 Å². The van der Waals surface area contributed by atoms with Crippen molar-refractivity contribution in [1.82, 2.24) is 10.2 Å². The van der Waals surface area contributed by atoms with Gasteiger partial charge in [0.2, 0.25) is 5.91 Å². The predicted molar refractivity (Wildman–Crippen MR) is 124 cm³/mol. The van der Waals surface area contributed by atoms with Crippen molar-refractivity contribution in [1.29, 1.82) is 0 Å². The van der Waals surface area contributed by atoms with Gasteiger partial charge in [0, 0.05) is 19.0 Å². The van der Waals surface area contributed by atoms with Gasteiger partial charge in [-0.25, -0.2) is 4.79 Å². The molecule has 172 valence electrons. The Kier molecular flexibility index (Phi) is 6.49. The van der Waals surface area contributed by atoms with Crippen molar-refractivity contribution in [2.24, 2.45) is 11.8 Å². The molecule has 1 aliphatic heterocycles. The Labute approximate surface area is 193 Å². The summed E-state index contributed by atoms with van der Waals surface area (Å²) in [6.45, 7) is 6.12. The molecule has 33 heavy (non-hydrogen) atoms. The molecule has 2 amide bonds. The smallest absolute Gasteiger partial charge is 0.407 e. The second-order valence-corrected chi connectivity index (χ2v) is 8.71. The second-order valence-electron chi connectivity index (χ2n) is 8.71. The van der Waals surface area contributed by atoms with E-state index in [9.17, 15) is 19.5 Å². The maximum absolute atomic E-state index is 13.0. The van der Waals surface area contributed by atoms with Crippen molar-refractivity contribution < 1.29 is 24.2 Å². The number of carboxylic acid groups (broad SMARTS) is 1. The van der Waals surface area contributed by atoms with E-state index in [4.69, 9.17) is 4.74 Å². The number of carboxylic acids is 1. The van der Waals surface area contributed by atoms with Crippen molar-refractivity contribution in [3.05, 3.63) is 72.3 Å². The van der Waals surface area contributed by atoms with E-state index in [1.165, 1.54) is 4.90 Å². The number of aliphatic carboxylic acids is 1. The molecule has 2 N–H and O–H groups in total. The SMILES string of the molecule is C=CCC(NC(=O)OCC1c2ccccc2-c2ccccc21)C(=O)N1C[C@@H](C)[C@H](C(=O)O)C1. The standard InChI is InChI=1S/C26H28N2O5/c1-3-8-23(24(29)28-13-16(2)21(14-28)25(30)31)27-26(32)33-15-22-19-11-6-4-9-17(19)18-10-5-7-12-20(18)22/h3-7,9-12,16,21-23H,1,8,13-15H2,2H3,(H,27,32)(H,30,31)/t16-,21-,23?/m1/s1. The number of fused-ring (bicyclic) bond motifs is 3. The number of carbonyl (C=O) groups is 3. The first kappa shape index (κ1) is 22.6. The lowest BCUT2D eigenvalue weighted by Gasteiger charge is -2.24. The zero-order valence-electron chi connectivity index (χ0n) is 18.6. The minimum absolute atomic E-state index is 0.0764. The highest BCUT2D eigenvalue weighted by molar-refractivity contribution is 5.87. The van der Waals surface area contributed by atoms with Crippen molar-refractivity contribution in [3.63, 3.8) is 0 Å². The largest absolute Gasteiger partial charge is 0.481 e. The molecule has 0 radical (unpaired) electrons. The Morgan fingerprint density at radius 3 is 2.27 bits per heavy atom. The molecule has 0 bridgehead atoms. The highest BCUT2D eigenvalue weighted by Gasteiger charge is 2.39. The number of amides is 2. The van der Waals surface area contributed by atoms with Crippen LogP contribution in [-0.2, 0) is 14.3 Å². The van der Waals surface area contributed by atoms with Gasteiger partial charge in [0.1, 0.15) is 12.6 Å². The third kappa shape index (κ3) is 4.49.